The van der Waals surface area contributed by atoms with Crippen LogP contribution >= 0.6 is 11.6 Å². The Labute approximate surface area is 184 Å². The number of benzene rings is 3. The molecule has 1 N–H and O–H groups in total. The number of nitrogens with zero attached hydrogens (tertiary/aromatic N) is 1. The minimum absolute atomic E-state index is 0.358. The first kappa shape index (κ1) is 20.6. The average Bonchev–Trinajstić information content (AvgIpc) is 2.77. The number of carbonyl (C=O) groups is 2. The molecule has 0 aliphatic rings. The van der Waals surface area contributed by atoms with Crippen LogP contribution < -0.4 is 5.32 Å². The Kier molecular flexibility index (Phi) is 5.96. The number of aryl methyl sites for hydroxylation is 1. The molecule has 5 nitrogen and oxygen atoms in total. The molecular formula is C25H19ClN2O3. The Balaban J connectivity index is 1.56. The van der Waals surface area contributed by atoms with Gasteiger partial charge in [0.25, 0.3) is 5.91 Å². The predicted molar refractivity (Wildman–Crippen MR) is 122 cm³/mol. The number of amides is 1. The summed E-state index contributed by atoms with van der Waals surface area (Å²) in [6.45, 7) is 1.59. The molecule has 0 saturated carbocycles. The van der Waals surface area contributed by atoms with Crippen molar-refractivity contribution in [2.24, 2.45) is 0 Å². The third-order valence-corrected chi connectivity index (χ3v) is 4.96. The maximum atomic E-state index is 12.9. The first-order valence-electron chi connectivity index (χ1n) is 9.69. The molecule has 6 heteroatoms. The van der Waals surface area contributed by atoms with Gasteiger partial charge in [-0.25, -0.2) is 9.78 Å². The standard InChI is InChI=1S/C25H19ClN2O3/c1-16-9-11-17(12-10-16)23-14-21(20-7-2-3-8-22(20)28-23)25(30)31-15-24(29)27-19-6-4-5-18(26)13-19/h2-14H,15H2,1H3,(H,27,29). The molecule has 4 aromatic rings. The molecule has 0 fully saturated rings. The van der Waals surface area contributed by atoms with Crippen LogP contribution in [-0.4, -0.2) is 23.5 Å². The van der Waals surface area contributed by atoms with Crippen LogP contribution in [0.25, 0.3) is 22.2 Å². The molecule has 154 valence electrons. The molecule has 0 spiro atoms. The highest BCUT2D eigenvalue weighted by Crippen LogP contribution is 2.26. The van der Waals surface area contributed by atoms with Crippen LogP contribution in [0, 0.1) is 6.92 Å². The van der Waals surface area contributed by atoms with Crippen molar-refractivity contribution in [1.82, 2.24) is 4.98 Å². The zero-order chi connectivity index (χ0) is 21.8. The van der Waals surface area contributed by atoms with E-state index in [0.29, 0.717) is 32.9 Å². The SMILES string of the molecule is Cc1ccc(-c2cc(C(=O)OCC(=O)Nc3cccc(Cl)c3)c3ccccc3n2)cc1. The summed E-state index contributed by atoms with van der Waals surface area (Å²) in [6.07, 6.45) is 0. The van der Waals surface area contributed by atoms with Gasteiger partial charge in [-0.1, -0.05) is 65.7 Å². The largest absolute Gasteiger partial charge is 0.452 e. The molecular weight excluding hydrogens is 412 g/mol. The van der Waals surface area contributed by atoms with Gasteiger partial charge in [-0.2, -0.15) is 0 Å². The topological polar surface area (TPSA) is 68.3 Å². The Bertz CT molecular complexity index is 1270. The van der Waals surface area contributed by atoms with Gasteiger partial charge in [-0.15, -0.1) is 0 Å². The summed E-state index contributed by atoms with van der Waals surface area (Å²) in [7, 11) is 0. The fraction of sp³-hybridized carbons (Fsp3) is 0.0800. The third kappa shape index (κ3) is 4.90. The maximum Gasteiger partial charge on any atom is 0.339 e. The highest BCUT2D eigenvalue weighted by Gasteiger charge is 2.16. The fourth-order valence-corrected chi connectivity index (χ4v) is 3.38. The van der Waals surface area contributed by atoms with Crippen molar-refractivity contribution in [3.8, 4) is 11.3 Å². The number of esters is 1. The van der Waals surface area contributed by atoms with Gasteiger partial charge in [0.1, 0.15) is 0 Å². The van der Waals surface area contributed by atoms with Crippen molar-refractivity contribution in [2.75, 3.05) is 11.9 Å². The van der Waals surface area contributed by atoms with Crippen LogP contribution in [0.1, 0.15) is 15.9 Å². The van der Waals surface area contributed by atoms with Crippen molar-refractivity contribution in [3.63, 3.8) is 0 Å². The smallest absolute Gasteiger partial charge is 0.339 e. The van der Waals surface area contributed by atoms with Crippen LogP contribution in [0.2, 0.25) is 5.02 Å². The lowest BCUT2D eigenvalue weighted by Crippen LogP contribution is -2.21. The average molecular weight is 431 g/mol. The zero-order valence-electron chi connectivity index (χ0n) is 16.8. The van der Waals surface area contributed by atoms with Gasteiger partial charge < -0.3 is 10.1 Å². The Morgan fingerprint density at radius 3 is 2.52 bits per heavy atom. The molecule has 4 rings (SSSR count). The number of halogens is 1. The molecule has 0 bridgehead atoms. The van der Waals surface area contributed by atoms with Gasteiger partial charge in [-0.3, -0.25) is 4.79 Å². The Morgan fingerprint density at radius 1 is 0.968 bits per heavy atom. The van der Waals surface area contributed by atoms with Crippen molar-refractivity contribution >= 4 is 40.1 Å². The third-order valence-electron chi connectivity index (χ3n) is 4.73. The predicted octanol–water partition coefficient (Wildman–Crippen LogP) is 5.66. The lowest BCUT2D eigenvalue weighted by molar-refractivity contribution is -0.119. The summed E-state index contributed by atoms with van der Waals surface area (Å²) in [5, 5.41) is 3.82. The van der Waals surface area contributed by atoms with E-state index in [0.717, 1.165) is 11.1 Å². The second-order valence-electron chi connectivity index (χ2n) is 7.07. The number of para-hydroxylation sites is 1. The Morgan fingerprint density at radius 2 is 1.74 bits per heavy atom. The fourth-order valence-electron chi connectivity index (χ4n) is 3.19. The van der Waals surface area contributed by atoms with E-state index in [9.17, 15) is 9.59 Å². The molecule has 0 atom stereocenters. The molecule has 0 saturated heterocycles. The number of carbonyl (C=O) groups excluding carboxylic acids is 2. The van der Waals surface area contributed by atoms with Gasteiger partial charge in [0.05, 0.1) is 16.8 Å². The monoisotopic (exact) mass is 430 g/mol. The summed E-state index contributed by atoms with van der Waals surface area (Å²) < 4.78 is 5.30. The lowest BCUT2D eigenvalue weighted by Gasteiger charge is -2.11. The number of pyridine rings is 1. The highest BCUT2D eigenvalue weighted by molar-refractivity contribution is 6.30. The van der Waals surface area contributed by atoms with E-state index in [4.69, 9.17) is 16.3 Å². The molecule has 3 aromatic carbocycles. The number of aromatic nitrogens is 1. The molecule has 0 radical (unpaired) electrons. The molecule has 1 heterocycles. The van der Waals surface area contributed by atoms with E-state index in [1.807, 2.05) is 55.5 Å². The van der Waals surface area contributed by atoms with Crippen molar-refractivity contribution in [2.45, 2.75) is 6.92 Å². The van der Waals surface area contributed by atoms with Crippen molar-refractivity contribution in [1.29, 1.82) is 0 Å². The van der Waals surface area contributed by atoms with Gasteiger partial charge in [0.15, 0.2) is 6.61 Å². The Hall–Kier alpha value is -3.70. The van der Waals surface area contributed by atoms with E-state index in [1.54, 1.807) is 30.3 Å². The molecule has 1 amide bonds. The maximum absolute atomic E-state index is 12.9. The van der Waals surface area contributed by atoms with Gasteiger partial charge in [0.2, 0.25) is 0 Å². The van der Waals surface area contributed by atoms with Crippen molar-refractivity contribution < 1.29 is 14.3 Å². The second-order valence-corrected chi connectivity index (χ2v) is 7.51. The summed E-state index contributed by atoms with van der Waals surface area (Å²) in [6, 6.07) is 23.7. The van der Waals surface area contributed by atoms with E-state index < -0.39 is 18.5 Å². The molecule has 31 heavy (non-hydrogen) atoms. The molecule has 1 aromatic heterocycles. The first-order valence-corrected chi connectivity index (χ1v) is 10.1. The number of fused-ring (bicyclic) bond motifs is 1. The lowest BCUT2D eigenvalue weighted by atomic mass is 10.0. The van der Waals surface area contributed by atoms with E-state index in [1.165, 1.54) is 0 Å². The zero-order valence-corrected chi connectivity index (χ0v) is 17.5. The van der Waals surface area contributed by atoms with E-state index >= 15 is 0 Å². The number of hydrogen-bond donors (Lipinski definition) is 1. The van der Waals surface area contributed by atoms with Gasteiger partial charge in [-0.05, 0) is 37.3 Å². The van der Waals surface area contributed by atoms with Crippen LogP contribution in [-0.2, 0) is 9.53 Å². The van der Waals surface area contributed by atoms with E-state index in [-0.39, 0.29) is 0 Å². The molecule has 0 aliphatic heterocycles. The second kappa shape index (κ2) is 8.98. The number of nitrogens with one attached hydrogen (secondary N) is 1. The number of anilines is 1. The minimum Gasteiger partial charge on any atom is -0.452 e. The number of rotatable bonds is 5. The summed E-state index contributed by atoms with van der Waals surface area (Å²) >= 11 is 5.92. The van der Waals surface area contributed by atoms with Crippen LogP contribution in [0.5, 0.6) is 0 Å². The van der Waals surface area contributed by atoms with Crippen LogP contribution in [0.3, 0.4) is 0 Å². The summed E-state index contributed by atoms with van der Waals surface area (Å²) in [5.74, 6) is -1.04. The van der Waals surface area contributed by atoms with E-state index in [2.05, 4.69) is 10.3 Å². The summed E-state index contributed by atoms with van der Waals surface area (Å²) in [4.78, 5) is 29.7. The molecule has 0 unspecified atom stereocenters. The van der Waals surface area contributed by atoms with Gasteiger partial charge in [0, 0.05) is 21.7 Å². The minimum atomic E-state index is -0.590. The summed E-state index contributed by atoms with van der Waals surface area (Å²) in [5.41, 5.74) is 4.25. The normalized spacial score (nSPS) is 10.6. The van der Waals surface area contributed by atoms with Crippen LogP contribution in [0.15, 0.2) is 78.9 Å². The molecule has 0 aliphatic carbocycles. The van der Waals surface area contributed by atoms with Gasteiger partial charge >= 0.3 is 5.97 Å². The number of ether oxygens (including phenoxy) is 1. The highest BCUT2D eigenvalue weighted by atomic mass is 35.5. The van der Waals surface area contributed by atoms with Crippen molar-refractivity contribution in [3.05, 3.63) is 95.0 Å². The van der Waals surface area contributed by atoms with Crippen LogP contribution in [0.4, 0.5) is 5.69 Å². The quantitative estimate of drug-likeness (QED) is 0.415. The first-order chi connectivity index (χ1) is 15.0. The number of hydrogen-bond acceptors (Lipinski definition) is 4.